The van der Waals surface area contributed by atoms with E-state index in [1.807, 2.05) is 43.3 Å². The van der Waals surface area contributed by atoms with Crippen LogP contribution < -0.4 is 0 Å². The molecule has 0 heterocycles. The van der Waals surface area contributed by atoms with Crippen molar-refractivity contribution in [3.63, 3.8) is 0 Å². The molecule has 0 unspecified atom stereocenters. The molecule has 0 atom stereocenters. The Kier molecular flexibility index (Phi) is 7.19. The molecule has 2 rings (SSSR count). The predicted molar refractivity (Wildman–Crippen MR) is 96.9 cm³/mol. The fourth-order valence-electron chi connectivity index (χ4n) is 1.94. The Morgan fingerprint density at radius 3 is 2.24 bits per heavy atom. The minimum atomic E-state index is -0.422. The molecule has 0 saturated heterocycles. The first kappa shape index (κ1) is 18.2. The summed E-state index contributed by atoms with van der Waals surface area (Å²) in [5.74, 6) is -0.801. The van der Waals surface area contributed by atoms with Gasteiger partial charge in [0.25, 0.3) is 0 Å². The molecule has 4 heteroatoms. The Hall–Kier alpha value is -3.14. The number of hydrogen-bond acceptors (Lipinski definition) is 4. The summed E-state index contributed by atoms with van der Waals surface area (Å²) < 4.78 is 10.3. The highest BCUT2D eigenvalue weighted by Gasteiger charge is 2.05. The molecule has 4 nitrogen and oxygen atoms in total. The van der Waals surface area contributed by atoms with Gasteiger partial charge in [-0.2, -0.15) is 0 Å². The molecule has 0 saturated carbocycles. The quantitative estimate of drug-likeness (QED) is 0.435. The summed E-state index contributed by atoms with van der Waals surface area (Å²) in [6, 6.07) is 18.3. The van der Waals surface area contributed by atoms with Gasteiger partial charge in [-0.15, -0.1) is 0 Å². The van der Waals surface area contributed by atoms with E-state index >= 15 is 0 Å². The van der Waals surface area contributed by atoms with Crippen LogP contribution in [0.4, 0.5) is 0 Å². The number of carbonyl (C=O) groups excluding carboxylic acids is 2. The summed E-state index contributed by atoms with van der Waals surface area (Å²) in [7, 11) is 0. The van der Waals surface area contributed by atoms with Crippen LogP contribution in [-0.4, -0.2) is 25.2 Å². The number of carbonyl (C=O) groups is 2. The van der Waals surface area contributed by atoms with Crippen molar-refractivity contribution in [2.24, 2.45) is 0 Å². The molecule has 0 amide bonds. The summed E-state index contributed by atoms with van der Waals surface area (Å²) in [6.07, 6.45) is 4.79. The van der Waals surface area contributed by atoms with Crippen molar-refractivity contribution < 1.29 is 19.1 Å². The lowest BCUT2D eigenvalue weighted by atomic mass is 10.2. The van der Waals surface area contributed by atoms with Gasteiger partial charge in [0.1, 0.15) is 13.2 Å². The van der Waals surface area contributed by atoms with Crippen molar-refractivity contribution in [2.45, 2.75) is 6.92 Å². The fraction of sp³-hybridized carbons (Fsp3) is 0.143. The summed E-state index contributed by atoms with van der Waals surface area (Å²) >= 11 is 0. The van der Waals surface area contributed by atoms with Gasteiger partial charge in [0.15, 0.2) is 0 Å². The van der Waals surface area contributed by atoms with Crippen LogP contribution in [0.3, 0.4) is 0 Å². The van der Waals surface area contributed by atoms with E-state index in [0.29, 0.717) is 5.56 Å². The monoisotopic (exact) mass is 336 g/mol. The maximum Gasteiger partial charge on any atom is 0.338 e. The van der Waals surface area contributed by atoms with Crippen LogP contribution in [0.2, 0.25) is 0 Å². The molecule has 0 aliphatic heterocycles. The molecule has 25 heavy (non-hydrogen) atoms. The van der Waals surface area contributed by atoms with Crippen LogP contribution in [0.5, 0.6) is 0 Å². The highest BCUT2D eigenvalue weighted by atomic mass is 16.5. The zero-order valence-corrected chi connectivity index (χ0v) is 14.1. The van der Waals surface area contributed by atoms with Gasteiger partial charge in [-0.05, 0) is 42.3 Å². The van der Waals surface area contributed by atoms with E-state index in [1.54, 1.807) is 36.4 Å². The lowest BCUT2D eigenvalue weighted by molar-refractivity contribution is -0.136. The lowest BCUT2D eigenvalue weighted by Gasteiger charge is -2.05. The van der Waals surface area contributed by atoms with Crippen molar-refractivity contribution >= 4 is 18.0 Å². The average Bonchev–Trinajstić information content (AvgIpc) is 2.66. The molecule has 0 fully saturated rings. The molecular formula is C21H20O4. The number of esters is 2. The average molecular weight is 336 g/mol. The third-order valence-electron chi connectivity index (χ3n) is 3.31. The van der Waals surface area contributed by atoms with Crippen LogP contribution in [0.25, 0.3) is 6.08 Å². The summed E-state index contributed by atoms with van der Waals surface area (Å²) in [6.45, 7) is 2.10. The van der Waals surface area contributed by atoms with Gasteiger partial charge >= 0.3 is 11.9 Å². The molecular weight excluding hydrogens is 316 g/mol. The SMILES string of the molecule is CC(=CCOC(=O)C=Cc1ccccc1)COC(=O)c1ccccc1. The molecule has 2 aromatic carbocycles. The maximum absolute atomic E-state index is 11.8. The molecule has 128 valence electrons. The first-order valence-electron chi connectivity index (χ1n) is 7.93. The predicted octanol–water partition coefficient (Wildman–Crippen LogP) is 4.05. The minimum Gasteiger partial charge on any atom is -0.458 e. The van der Waals surface area contributed by atoms with Gasteiger partial charge in [0.2, 0.25) is 0 Å². The van der Waals surface area contributed by atoms with Gasteiger partial charge in [-0.1, -0.05) is 48.5 Å². The van der Waals surface area contributed by atoms with Gasteiger partial charge in [-0.3, -0.25) is 0 Å². The van der Waals surface area contributed by atoms with Crippen molar-refractivity contribution in [3.8, 4) is 0 Å². The van der Waals surface area contributed by atoms with E-state index in [4.69, 9.17) is 9.47 Å². The van der Waals surface area contributed by atoms with Crippen molar-refractivity contribution in [2.75, 3.05) is 13.2 Å². The Morgan fingerprint density at radius 1 is 0.920 bits per heavy atom. The Balaban J connectivity index is 1.71. The smallest absolute Gasteiger partial charge is 0.338 e. The summed E-state index contributed by atoms with van der Waals surface area (Å²) in [5.41, 5.74) is 2.25. The zero-order chi connectivity index (χ0) is 17.9. The fourth-order valence-corrected chi connectivity index (χ4v) is 1.94. The molecule has 2 aromatic rings. The maximum atomic E-state index is 11.8. The van der Waals surface area contributed by atoms with Gasteiger partial charge in [-0.25, -0.2) is 9.59 Å². The van der Waals surface area contributed by atoms with E-state index in [9.17, 15) is 9.59 Å². The molecule has 0 aliphatic rings. The van der Waals surface area contributed by atoms with Crippen molar-refractivity contribution in [3.05, 3.63) is 89.5 Å². The number of hydrogen-bond donors (Lipinski definition) is 0. The first-order chi connectivity index (χ1) is 12.1. The van der Waals surface area contributed by atoms with E-state index in [-0.39, 0.29) is 19.2 Å². The molecule has 0 radical (unpaired) electrons. The number of rotatable bonds is 7. The van der Waals surface area contributed by atoms with E-state index < -0.39 is 5.97 Å². The third-order valence-corrected chi connectivity index (χ3v) is 3.31. The standard InChI is InChI=1S/C21H20O4/c1-17(16-25-21(23)19-10-6-3-7-11-19)14-15-24-20(22)13-12-18-8-4-2-5-9-18/h2-14H,15-16H2,1H3. The number of benzene rings is 2. The largest absolute Gasteiger partial charge is 0.458 e. The molecule has 0 spiro atoms. The van der Waals surface area contributed by atoms with Crippen molar-refractivity contribution in [1.29, 1.82) is 0 Å². The molecule has 0 aliphatic carbocycles. The third kappa shape index (κ3) is 6.87. The second-order valence-electron chi connectivity index (χ2n) is 5.37. The van der Waals surface area contributed by atoms with Crippen LogP contribution in [0, 0.1) is 0 Å². The van der Waals surface area contributed by atoms with Crippen LogP contribution >= 0.6 is 0 Å². The Bertz CT molecular complexity index is 746. The summed E-state index contributed by atoms with van der Waals surface area (Å²) in [5, 5.41) is 0. The van der Waals surface area contributed by atoms with E-state index in [0.717, 1.165) is 11.1 Å². The van der Waals surface area contributed by atoms with E-state index in [1.165, 1.54) is 6.08 Å². The van der Waals surface area contributed by atoms with Crippen LogP contribution in [-0.2, 0) is 14.3 Å². The topological polar surface area (TPSA) is 52.6 Å². The van der Waals surface area contributed by atoms with Gasteiger partial charge in [0.05, 0.1) is 5.56 Å². The van der Waals surface area contributed by atoms with E-state index in [2.05, 4.69) is 0 Å². The number of ether oxygens (including phenoxy) is 2. The first-order valence-corrected chi connectivity index (χ1v) is 7.93. The van der Waals surface area contributed by atoms with Crippen LogP contribution in [0.1, 0.15) is 22.8 Å². The highest BCUT2D eigenvalue weighted by molar-refractivity contribution is 5.89. The second-order valence-corrected chi connectivity index (χ2v) is 5.37. The molecule has 0 N–H and O–H groups in total. The zero-order valence-electron chi connectivity index (χ0n) is 14.1. The summed E-state index contributed by atoms with van der Waals surface area (Å²) in [4.78, 5) is 23.4. The van der Waals surface area contributed by atoms with Crippen molar-refractivity contribution in [1.82, 2.24) is 0 Å². The second kappa shape index (κ2) is 9.88. The molecule has 0 bridgehead atoms. The van der Waals surface area contributed by atoms with Crippen LogP contribution in [0.15, 0.2) is 78.4 Å². The van der Waals surface area contributed by atoms with Gasteiger partial charge < -0.3 is 9.47 Å². The minimum absolute atomic E-state index is 0.132. The normalized spacial score (nSPS) is 11.3. The van der Waals surface area contributed by atoms with Gasteiger partial charge in [0, 0.05) is 6.08 Å². The Labute approximate surface area is 147 Å². The molecule has 0 aromatic heterocycles. The highest BCUT2D eigenvalue weighted by Crippen LogP contribution is 2.04. The lowest BCUT2D eigenvalue weighted by Crippen LogP contribution is -2.08. The Morgan fingerprint density at radius 2 is 1.56 bits per heavy atom.